The first kappa shape index (κ1) is 14.9. The molecule has 0 fully saturated rings. The smallest absolute Gasteiger partial charge is 0.00268 e. The zero-order valence-corrected chi connectivity index (χ0v) is 14.4. The molecule has 0 N–H and O–H groups in total. The fourth-order valence-electron chi connectivity index (χ4n) is 3.78. The zero-order chi connectivity index (χ0) is 17.3. The third-order valence-electron chi connectivity index (χ3n) is 5.06. The third-order valence-corrected chi connectivity index (χ3v) is 5.06. The van der Waals surface area contributed by atoms with Crippen LogP contribution in [0.2, 0.25) is 0 Å². The number of hydrogen-bond donors (Lipinski definition) is 0. The highest BCUT2D eigenvalue weighted by atomic mass is 14.1. The number of hydrogen-bond acceptors (Lipinski definition) is 0. The maximum atomic E-state index is 2.25. The molecule has 8 rings (SSSR count). The normalized spacial score (nSPS) is 11.1. The fourth-order valence-corrected chi connectivity index (χ4v) is 3.78. The summed E-state index contributed by atoms with van der Waals surface area (Å²) in [6.45, 7) is 0. The van der Waals surface area contributed by atoms with Gasteiger partial charge in [0, 0.05) is 0 Å². The van der Waals surface area contributed by atoms with Crippen LogP contribution in [0.1, 0.15) is 0 Å². The van der Waals surface area contributed by atoms with E-state index >= 15 is 0 Å². The fraction of sp³-hybridized carbons (Fsp3) is 0. The molecule has 122 valence electrons. The van der Waals surface area contributed by atoms with Gasteiger partial charge in [0.2, 0.25) is 0 Å². The lowest BCUT2D eigenvalue weighted by Crippen LogP contribution is -1.87. The van der Waals surface area contributed by atoms with Crippen LogP contribution in [0.3, 0.4) is 0 Å². The maximum absolute atomic E-state index is 2.25. The Hall–Kier alpha value is -3.38. The summed E-state index contributed by atoms with van der Waals surface area (Å²) in [5, 5.41) is 5.02. The lowest BCUT2D eigenvalue weighted by atomic mass is 9.90. The molecule has 0 amide bonds. The van der Waals surface area contributed by atoms with E-state index in [2.05, 4.69) is 109 Å². The standard InChI is InChI=1S/C26H18/c1-3-7-21(8-4-1)25-23-15-11-19(12-16-23)20-13-17-24(18-14-20)26(25)22-9-5-2-6-10-22/h1-18H. The molecule has 0 atom stereocenters. The first-order chi connectivity index (χ1) is 12.9. The summed E-state index contributed by atoms with van der Waals surface area (Å²) in [5.41, 5.74) is 5.03. The molecule has 0 aliphatic rings. The quantitative estimate of drug-likeness (QED) is 0.318. The van der Waals surface area contributed by atoms with Gasteiger partial charge in [0.05, 0.1) is 0 Å². The van der Waals surface area contributed by atoms with Crippen LogP contribution in [0, 0.1) is 0 Å². The third kappa shape index (κ3) is 2.48. The van der Waals surface area contributed by atoms with E-state index < -0.39 is 0 Å². The summed E-state index contributed by atoms with van der Waals surface area (Å²) in [5.74, 6) is 0. The van der Waals surface area contributed by atoms with Crippen molar-refractivity contribution in [3.63, 3.8) is 0 Å². The van der Waals surface area contributed by atoms with E-state index in [9.17, 15) is 0 Å². The van der Waals surface area contributed by atoms with Crippen LogP contribution in [0.15, 0.2) is 109 Å². The van der Waals surface area contributed by atoms with Crippen LogP contribution in [0.5, 0.6) is 0 Å². The molecule has 0 aromatic heterocycles. The van der Waals surface area contributed by atoms with Crippen LogP contribution >= 0.6 is 0 Å². The second-order valence-corrected chi connectivity index (χ2v) is 6.64. The van der Waals surface area contributed by atoms with E-state index in [0.29, 0.717) is 0 Å². The molecule has 0 aliphatic carbocycles. The summed E-state index contributed by atoms with van der Waals surface area (Å²) in [7, 11) is 0. The Bertz CT molecular complexity index is 1060. The minimum atomic E-state index is 1.24. The Labute approximate surface area is 153 Å². The highest BCUT2D eigenvalue weighted by Crippen LogP contribution is 2.38. The van der Waals surface area contributed by atoms with Gasteiger partial charge >= 0.3 is 0 Å². The van der Waals surface area contributed by atoms with Gasteiger partial charge in [0.25, 0.3) is 0 Å². The van der Waals surface area contributed by atoms with Crippen LogP contribution in [0.25, 0.3) is 43.8 Å². The van der Waals surface area contributed by atoms with E-state index in [-0.39, 0.29) is 0 Å². The molecule has 0 saturated carbocycles. The molecule has 0 saturated heterocycles. The Balaban J connectivity index is 2.04. The van der Waals surface area contributed by atoms with Crippen molar-refractivity contribution in [1.29, 1.82) is 0 Å². The van der Waals surface area contributed by atoms with Gasteiger partial charge in [0.15, 0.2) is 0 Å². The minimum absolute atomic E-state index is 1.24. The van der Waals surface area contributed by atoms with Crippen molar-refractivity contribution in [3.05, 3.63) is 109 Å². The summed E-state index contributed by atoms with van der Waals surface area (Å²) in [6, 6.07) is 39.3. The lowest BCUT2D eigenvalue weighted by molar-refractivity contribution is 1.62. The van der Waals surface area contributed by atoms with Crippen molar-refractivity contribution in [3.8, 4) is 22.3 Å². The van der Waals surface area contributed by atoms with E-state index in [1.165, 1.54) is 43.8 Å². The predicted octanol–water partition coefficient (Wildman–Crippen LogP) is 7.33. The monoisotopic (exact) mass is 330 g/mol. The molecule has 4 bridgehead atoms. The van der Waals surface area contributed by atoms with Crippen LogP contribution in [0.4, 0.5) is 0 Å². The van der Waals surface area contributed by atoms with Gasteiger partial charge in [-0.3, -0.25) is 0 Å². The highest BCUT2D eigenvalue weighted by molar-refractivity contribution is 6.03. The highest BCUT2D eigenvalue weighted by Gasteiger charge is 2.11. The second-order valence-electron chi connectivity index (χ2n) is 6.64. The van der Waals surface area contributed by atoms with Gasteiger partial charge in [-0.2, -0.15) is 0 Å². The number of benzene rings is 4. The van der Waals surface area contributed by atoms with Crippen molar-refractivity contribution in [1.82, 2.24) is 0 Å². The van der Waals surface area contributed by atoms with Crippen molar-refractivity contribution >= 4 is 21.5 Å². The van der Waals surface area contributed by atoms with Gasteiger partial charge < -0.3 is 0 Å². The predicted molar refractivity (Wildman–Crippen MR) is 112 cm³/mol. The van der Waals surface area contributed by atoms with E-state index in [0.717, 1.165) is 0 Å². The van der Waals surface area contributed by atoms with Gasteiger partial charge in [-0.1, -0.05) is 109 Å². The molecule has 0 aliphatic heterocycles. The van der Waals surface area contributed by atoms with Crippen LogP contribution in [-0.2, 0) is 0 Å². The maximum Gasteiger partial charge on any atom is -0.00268 e. The molecule has 0 heteroatoms. The Kier molecular flexibility index (Phi) is 3.54. The zero-order valence-electron chi connectivity index (χ0n) is 14.4. The molecule has 0 spiro atoms. The molecule has 26 heavy (non-hydrogen) atoms. The first-order valence-corrected chi connectivity index (χ1v) is 8.96. The van der Waals surface area contributed by atoms with Crippen LogP contribution < -0.4 is 0 Å². The van der Waals surface area contributed by atoms with Crippen molar-refractivity contribution in [2.75, 3.05) is 0 Å². The van der Waals surface area contributed by atoms with Crippen molar-refractivity contribution < 1.29 is 0 Å². The molecular formula is C26H18. The Morgan fingerprint density at radius 3 is 0.923 bits per heavy atom. The Morgan fingerprint density at radius 2 is 0.577 bits per heavy atom. The van der Waals surface area contributed by atoms with Gasteiger partial charge in [-0.15, -0.1) is 0 Å². The molecule has 0 nitrogen and oxygen atoms in total. The summed E-state index contributed by atoms with van der Waals surface area (Å²) >= 11 is 0. The molecule has 0 unspecified atom stereocenters. The van der Waals surface area contributed by atoms with Crippen molar-refractivity contribution in [2.45, 2.75) is 0 Å². The van der Waals surface area contributed by atoms with Gasteiger partial charge in [-0.25, -0.2) is 0 Å². The summed E-state index contributed by atoms with van der Waals surface area (Å²) in [6.07, 6.45) is 0. The molecule has 8 aromatic carbocycles. The van der Waals surface area contributed by atoms with E-state index in [1.54, 1.807) is 0 Å². The molecule has 0 radical (unpaired) electrons. The minimum Gasteiger partial charge on any atom is -0.0622 e. The molecular weight excluding hydrogens is 312 g/mol. The lowest BCUT2D eigenvalue weighted by Gasteiger charge is -2.14. The number of rotatable bonds is 2. The van der Waals surface area contributed by atoms with Crippen molar-refractivity contribution in [2.24, 2.45) is 0 Å². The van der Waals surface area contributed by atoms with Gasteiger partial charge in [-0.05, 0) is 43.8 Å². The SMILES string of the molecule is c1ccc(-c2c(-c3ccccc3)c3ccc(cc3)c3ccc2cc3)cc1. The topological polar surface area (TPSA) is 0 Å². The largest absolute Gasteiger partial charge is 0.0622 e. The average Bonchev–Trinajstić information content (AvgIpc) is 2.74. The first-order valence-electron chi connectivity index (χ1n) is 8.96. The average molecular weight is 330 g/mol. The Morgan fingerprint density at radius 1 is 0.269 bits per heavy atom. The van der Waals surface area contributed by atoms with Crippen LogP contribution in [-0.4, -0.2) is 0 Å². The molecule has 0 heterocycles. The summed E-state index contributed by atoms with van der Waals surface area (Å²) < 4.78 is 0. The van der Waals surface area contributed by atoms with E-state index in [4.69, 9.17) is 0 Å². The van der Waals surface area contributed by atoms with E-state index in [1.807, 2.05) is 0 Å². The molecule has 8 aromatic rings. The summed E-state index contributed by atoms with van der Waals surface area (Å²) in [4.78, 5) is 0. The van der Waals surface area contributed by atoms with Gasteiger partial charge in [0.1, 0.15) is 0 Å². The second kappa shape index (κ2) is 6.16.